The molecule has 2 aliphatic rings. The molecule has 156 valence electrons. The quantitative estimate of drug-likeness (QED) is 0.733. The van der Waals surface area contributed by atoms with Gasteiger partial charge in [-0.15, -0.1) is 0 Å². The lowest BCUT2D eigenvalue weighted by Crippen LogP contribution is -2.42. The summed E-state index contributed by atoms with van der Waals surface area (Å²) in [6, 6.07) is 3.33. The van der Waals surface area contributed by atoms with E-state index in [0.29, 0.717) is 41.0 Å². The lowest BCUT2D eigenvalue weighted by molar-refractivity contribution is -0.118. The van der Waals surface area contributed by atoms with Crippen molar-refractivity contribution in [2.75, 3.05) is 39.2 Å². The molecule has 0 radical (unpaired) electrons. The molecule has 1 aromatic rings. The molecule has 3 rings (SSSR count). The van der Waals surface area contributed by atoms with Crippen LogP contribution < -0.4 is 14.8 Å². The summed E-state index contributed by atoms with van der Waals surface area (Å²) >= 11 is 6.17. The number of rotatable bonds is 7. The largest absolute Gasteiger partial charge is 0.495 e. The lowest BCUT2D eigenvalue weighted by atomic mass is 9.97. The number of halogens is 1. The van der Waals surface area contributed by atoms with E-state index in [-0.39, 0.29) is 5.91 Å². The first-order chi connectivity index (χ1) is 13.6. The second kappa shape index (κ2) is 10.3. The Hall–Kier alpha value is -1.50. The Balaban J connectivity index is 1.46. The van der Waals surface area contributed by atoms with Crippen molar-refractivity contribution in [3.8, 4) is 11.5 Å². The van der Waals surface area contributed by atoms with Crippen molar-refractivity contribution in [1.29, 1.82) is 0 Å². The number of carbonyl (C=O) groups excluding carboxylic acids is 1. The summed E-state index contributed by atoms with van der Waals surface area (Å²) in [6.45, 7) is 2.11. The van der Waals surface area contributed by atoms with Crippen LogP contribution in [0.2, 0.25) is 5.02 Å². The van der Waals surface area contributed by atoms with Crippen LogP contribution in [0.25, 0.3) is 0 Å². The minimum Gasteiger partial charge on any atom is -0.495 e. The van der Waals surface area contributed by atoms with E-state index in [1.54, 1.807) is 26.4 Å². The third-order valence-electron chi connectivity index (χ3n) is 5.59. The molecule has 1 aliphatic heterocycles. The maximum atomic E-state index is 12.5. The Morgan fingerprint density at radius 2 is 1.68 bits per heavy atom. The molecule has 6 nitrogen and oxygen atoms in total. The third-order valence-corrected chi connectivity index (χ3v) is 5.88. The summed E-state index contributed by atoms with van der Waals surface area (Å²) in [5, 5.41) is 3.33. The molecule has 0 aromatic heterocycles. The van der Waals surface area contributed by atoms with Gasteiger partial charge in [0.25, 0.3) is 0 Å². The molecule has 1 aliphatic carbocycles. The van der Waals surface area contributed by atoms with Gasteiger partial charge >= 0.3 is 0 Å². The van der Waals surface area contributed by atoms with Crippen LogP contribution in [0.4, 0.5) is 5.69 Å². The smallest absolute Gasteiger partial charge is 0.238 e. The number of carbonyl (C=O) groups is 1. The van der Waals surface area contributed by atoms with Crippen LogP contribution in [0.15, 0.2) is 12.1 Å². The van der Waals surface area contributed by atoms with Gasteiger partial charge in [-0.25, -0.2) is 0 Å². The zero-order valence-corrected chi connectivity index (χ0v) is 17.6. The molecule has 1 saturated carbocycles. The van der Waals surface area contributed by atoms with Gasteiger partial charge < -0.3 is 19.5 Å². The van der Waals surface area contributed by atoms with Gasteiger partial charge in [-0.2, -0.15) is 0 Å². The molecule has 28 heavy (non-hydrogen) atoms. The van der Waals surface area contributed by atoms with E-state index in [1.165, 1.54) is 32.1 Å². The van der Waals surface area contributed by atoms with Gasteiger partial charge in [0, 0.05) is 19.2 Å². The molecular weight excluding hydrogens is 380 g/mol. The molecule has 1 saturated heterocycles. The number of nitrogens with zero attached hydrogens (tertiary/aromatic N) is 1. The first-order valence-corrected chi connectivity index (χ1v) is 10.6. The van der Waals surface area contributed by atoms with E-state index < -0.39 is 0 Å². The van der Waals surface area contributed by atoms with Crippen LogP contribution in [0, 0.1) is 0 Å². The Bertz CT molecular complexity index is 656. The highest BCUT2D eigenvalue weighted by atomic mass is 35.5. The summed E-state index contributed by atoms with van der Waals surface area (Å²) in [5.74, 6) is 0.955. The van der Waals surface area contributed by atoms with Crippen molar-refractivity contribution in [2.24, 2.45) is 0 Å². The Morgan fingerprint density at radius 1 is 1.04 bits per heavy atom. The molecule has 7 heteroatoms. The van der Waals surface area contributed by atoms with E-state index in [1.807, 2.05) is 0 Å². The fourth-order valence-electron chi connectivity index (χ4n) is 4.03. The van der Waals surface area contributed by atoms with E-state index in [2.05, 4.69) is 10.2 Å². The molecule has 1 aromatic carbocycles. The number of nitrogens with one attached hydrogen (secondary N) is 1. The summed E-state index contributed by atoms with van der Waals surface area (Å²) in [7, 11) is 3.09. The summed E-state index contributed by atoms with van der Waals surface area (Å²) in [6.07, 6.45) is 9.10. The van der Waals surface area contributed by atoms with E-state index in [9.17, 15) is 4.79 Å². The van der Waals surface area contributed by atoms with E-state index >= 15 is 0 Å². The van der Waals surface area contributed by atoms with Gasteiger partial charge in [0.05, 0.1) is 43.7 Å². The third kappa shape index (κ3) is 5.75. The zero-order chi connectivity index (χ0) is 19.9. The van der Waals surface area contributed by atoms with E-state index in [0.717, 1.165) is 25.9 Å². The SMILES string of the molecule is COc1cc(OC)c(NC(=O)CN2CCC(OC3CCCCC3)CC2)cc1Cl. The van der Waals surface area contributed by atoms with Gasteiger partial charge in [-0.05, 0) is 31.7 Å². The molecular formula is C21H31ClN2O4. The van der Waals surface area contributed by atoms with Gasteiger partial charge in [0.2, 0.25) is 5.91 Å². The topological polar surface area (TPSA) is 60.0 Å². The van der Waals surface area contributed by atoms with Crippen LogP contribution in [-0.2, 0) is 9.53 Å². The number of amides is 1. The first kappa shape index (κ1) is 21.2. The number of benzene rings is 1. The lowest BCUT2D eigenvalue weighted by Gasteiger charge is -2.34. The van der Waals surface area contributed by atoms with Crippen LogP contribution >= 0.6 is 11.6 Å². The average Bonchev–Trinajstić information content (AvgIpc) is 2.70. The van der Waals surface area contributed by atoms with Crippen molar-refractivity contribution in [3.05, 3.63) is 17.2 Å². The van der Waals surface area contributed by atoms with Crippen molar-refractivity contribution in [3.63, 3.8) is 0 Å². The number of hydrogen-bond donors (Lipinski definition) is 1. The minimum absolute atomic E-state index is 0.0776. The summed E-state index contributed by atoms with van der Waals surface area (Å²) < 4.78 is 16.8. The fourth-order valence-corrected chi connectivity index (χ4v) is 4.27. The van der Waals surface area contributed by atoms with Crippen LogP contribution in [-0.4, -0.2) is 56.9 Å². The maximum Gasteiger partial charge on any atom is 0.238 e. The van der Waals surface area contributed by atoms with E-state index in [4.69, 9.17) is 25.8 Å². The predicted molar refractivity (Wildman–Crippen MR) is 111 cm³/mol. The molecule has 1 heterocycles. The molecule has 1 amide bonds. The summed E-state index contributed by atoms with van der Waals surface area (Å²) in [5.41, 5.74) is 0.550. The van der Waals surface area contributed by atoms with Crippen molar-refractivity contribution < 1.29 is 19.0 Å². The Morgan fingerprint density at radius 3 is 2.32 bits per heavy atom. The van der Waals surface area contributed by atoms with Crippen LogP contribution in [0.1, 0.15) is 44.9 Å². The van der Waals surface area contributed by atoms with Crippen LogP contribution in [0.5, 0.6) is 11.5 Å². The second-order valence-corrected chi connectivity index (χ2v) is 8.01. The number of methoxy groups -OCH3 is 2. The summed E-state index contributed by atoms with van der Waals surface area (Å²) in [4.78, 5) is 14.7. The average molecular weight is 411 g/mol. The standard InChI is InChI=1S/C21H31ClN2O4/c1-26-19-13-20(27-2)18(12-17(19)22)23-21(25)14-24-10-8-16(9-11-24)28-15-6-4-3-5-7-15/h12-13,15-16H,3-11,14H2,1-2H3,(H,23,25). The molecule has 2 fully saturated rings. The Labute approximate surface area is 172 Å². The molecule has 0 unspecified atom stereocenters. The molecule has 1 N–H and O–H groups in total. The second-order valence-electron chi connectivity index (χ2n) is 7.61. The van der Waals surface area contributed by atoms with Crippen molar-refractivity contribution in [2.45, 2.75) is 57.2 Å². The first-order valence-electron chi connectivity index (χ1n) is 10.2. The normalized spacial score (nSPS) is 19.4. The minimum atomic E-state index is -0.0776. The monoisotopic (exact) mass is 410 g/mol. The van der Waals surface area contributed by atoms with Crippen LogP contribution in [0.3, 0.4) is 0 Å². The molecule has 0 spiro atoms. The van der Waals surface area contributed by atoms with Gasteiger partial charge in [0.15, 0.2) is 0 Å². The number of ether oxygens (including phenoxy) is 3. The zero-order valence-electron chi connectivity index (χ0n) is 16.8. The molecule has 0 atom stereocenters. The predicted octanol–water partition coefficient (Wildman–Crippen LogP) is 4.11. The Kier molecular flexibility index (Phi) is 7.82. The number of piperidine rings is 1. The van der Waals surface area contributed by atoms with Crippen molar-refractivity contribution in [1.82, 2.24) is 4.90 Å². The highest BCUT2D eigenvalue weighted by molar-refractivity contribution is 6.32. The maximum absolute atomic E-state index is 12.5. The van der Waals surface area contributed by atoms with Gasteiger partial charge in [-0.3, -0.25) is 9.69 Å². The van der Waals surface area contributed by atoms with Gasteiger partial charge in [0.1, 0.15) is 11.5 Å². The highest BCUT2D eigenvalue weighted by Gasteiger charge is 2.25. The van der Waals surface area contributed by atoms with Gasteiger partial charge in [-0.1, -0.05) is 30.9 Å². The number of likely N-dealkylation sites (tertiary alicyclic amines) is 1. The number of anilines is 1. The number of hydrogen-bond acceptors (Lipinski definition) is 5. The van der Waals surface area contributed by atoms with Crippen molar-refractivity contribution >= 4 is 23.2 Å². The fraction of sp³-hybridized carbons (Fsp3) is 0.667. The molecule has 0 bridgehead atoms. The highest BCUT2D eigenvalue weighted by Crippen LogP contribution is 2.35.